The third-order valence-electron chi connectivity index (χ3n) is 1.21. The van der Waals surface area contributed by atoms with Crippen molar-refractivity contribution in [1.82, 2.24) is 0 Å². The summed E-state index contributed by atoms with van der Waals surface area (Å²) in [6.45, 7) is 8.38. The van der Waals surface area contributed by atoms with Crippen molar-refractivity contribution in [1.29, 1.82) is 0 Å². The highest BCUT2D eigenvalue weighted by atomic mass is 16.3. The molecule has 0 rings (SSSR count). The molecule has 2 unspecified atom stereocenters. The molecule has 0 fully saturated rings. The summed E-state index contributed by atoms with van der Waals surface area (Å²) in [5.41, 5.74) is 0. The van der Waals surface area contributed by atoms with Crippen LogP contribution in [0.25, 0.3) is 0 Å². The van der Waals surface area contributed by atoms with Crippen molar-refractivity contribution in [3.8, 4) is 0 Å². The molecule has 0 radical (unpaired) electrons. The van der Waals surface area contributed by atoms with Crippen LogP contribution in [0.5, 0.6) is 0 Å². The van der Waals surface area contributed by atoms with Crippen molar-refractivity contribution in [2.75, 3.05) is 0 Å². The predicted octanol–water partition coefficient (Wildman–Crippen LogP) is 1.24. The number of aliphatic hydroxyl groups excluding tert-OH is 2. The summed E-state index contributed by atoms with van der Waals surface area (Å²) in [4.78, 5) is 0. The fourth-order valence-corrected chi connectivity index (χ4v) is 0.432. The molecule has 2 nitrogen and oxygen atoms in total. The molecule has 0 aliphatic carbocycles. The molecule has 0 amide bonds. The van der Waals surface area contributed by atoms with Crippen molar-refractivity contribution in [2.45, 2.75) is 13.0 Å². The third kappa shape index (κ3) is 2.33. The van der Waals surface area contributed by atoms with Crippen LogP contribution in [0.4, 0.5) is 0 Å². The minimum absolute atomic E-state index is 0.137. The Balaban J connectivity index is 3.86. The molecule has 2 atom stereocenters. The van der Waals surface area contributed by atoms with Crippen molar-refractivity contribution < 1.29 is 10.2 Å². The molecular weight excluding hydrogens is 116 g/mol. The van der Waals surface area contributed by atoms with Crippen LogP contribution >= 0.6 is 0 Å². The van der Waals surface area contributed by atoms with Crippen molar-refractivity contribution in [3.63, 3.8) is 0 Å². The van der Waals surface area contributed by atoms with Crippen LogP contribution in [0.3, 0.4) is 0 Å². The van der Waals surface area contributed by atoms with Crippen LogP contribution in [0.1, 0.15) is 6.92 Å². The van der Waals surface area contributed by atoms with Crippen LogP contribution in [-0.2, 0) is 0 Å². The van der Waals surface area contributed by atoms with Gasteiger partial charge in [0.25, 0.3) is 0 Å². The van der Waals surface area contributed by atoms with Crippen LogP contribution in [0.15, 0.2) is 25.0 Å². The Morgan fingerprint density at radius 3 is 2.22 bits per heavy atom. The van der Waals surface area contributed by atoms with Gasteiger partial charge in [0.15, 0.2) is 0 Å². The number of hydrogen-bond acceptors (Lipinski definition) is 2. The Bertz CT molecular complexity index is 118. The van der Waals surface area contributed by atoms with Crippen molar-refractivity contribution >= 4 is 0 Å². The van der Waals surface area contributed by atoms with E-state index in [1.165, 1.54) is 0 Å². The molecule has 52 valence electrons. The van der Waals surface area contributed by atoms with Crippen molar-refractivity contribution in [2.24, 2.45) is 5.92 Å². The molecular formula is C7H12O2. The summed E-state index contributed by atoms with van der Waals surface area (Å²) >= 11 is 0. The van der Waals surface area contributed by atoms with Gasteiger partial charge in [0.2, 0.25) is 0 Å². The topological polar surface area (TPSA) is 40.5 Å². The average molecular weight is 128 g/mol. The van der Waals surface area contributed by atoms with Gasteiger partial charge in [-0.25, -0.2) is 0 Å². The van der Waals surface area contributed by atoms with Crippen LogP contribution in [0, 0.1) is 5.92 Å². The minimum atomic E-state index is -0.873. The van der Waals surface area contributed by atoms with Crippen LogP contribution in [-0.4, -0.2) is 16.3 Å². The minimum Gasteiger partial charge on any atom is -0.510 e. The van der Waals surface area contributed by atoms with Crippen LogP contribution in [0.2, 0.25) is 0 Å². The summed E-state index contributed by atoms with van der Waals surface area (Å²) in [6.07, 6.45) is 0.689. The van der Waals surface area contributed by atoms with E-state index in [9.17, 15) is 0 Å². The summed E-state index contributed by atoms with van der Waals surface area (Å²) < 4.78 is 0. The lowest BCUT2D eigenvalue weighted by atomic mass is 10.0. The largest absolute Gasteiger partial charge is 0.510 e. The predicted molar refractivity (Wildman–Crippen MR) is 37.1 cm³/mol. The number of rotatable bonds is 3. The zero-order valence-electron chi connectivity index (χ0n) is 5.54. The fraction of sp³-hybridized carbons (Fsp3) is 0.429. The van der Waals surface area contributed by atoms with E-state index in [1.54, 1.807) is 13.0 Å². The van der Waals surface area contributed by atoms with Gasteiger partial charge >= 0.3 is 0 Å². The smallest absolute Gasteiger partial charge is 0.116 e. The van der Waals surface area contributed by atoms with Gasteiger partial charge in [-0.15, -0.1) is 6.58 Å². The summed E-state index contributed by atoms with van der Waals surface area (Å²) in [5.74, 6) is -0.343. The number of aliphatic hydroxyl groups is 2. The second kappa shape index (κ2) is 3.30. The van der Waals surface area contributed by atoms with E-state index >= 15 is 0 Å². The second-order valence-corrected chi connectivity index (χ2v) is 2.03. The van der Waals surface area contributed by atoms with Gasteiger partial charge in [-0.1, -0.05) is 19.6 Å². The van der Waals surface area contributed by atoms with E-state index in [-0.39, 0.29) is 11.7 Å². The molecule has 0 saturated carbocycles. The van der Waals surface area contributed by atoms with Gasteiger partial charge < -0.3 is 10.2 Å². The monoisotopic (exact) mass is 128 g/mol. The first-order chi connectivity index (χ1) is 4.09. The molecule has 9 heavy (non-hydrogen) atoms. The molecule has 2 heteroatoms. The highest BCUT2D eigenvalue weighted by Gasteiger charge is 2.12. The molecule has 0 aliphatic rings. The maximum Gasteiger partial charge on any atom is 0.116 e. The van der Waals surface area contributed by atoms with Crippen molar-refractivity contribution in [3.05, 3.63) is 25.0 Å². The van der Waals surface area contributed by atoms with Gasteiger partial charge in [0.1, 0.15) is 11.9 Å². The summed E-state index contributed by atoms with van der Waals surface area (Å²) in [6, 6.07) is 0. The van der Waals surface area contributed by atoms with E-state index in [0.29, 0.717) is 0 Å². The average Bonchev–Trinajstić information content (AvgIpc) is 1.84. The molecule has 0 spiro atoms. The second-order valence-electron chi connectivity index (χ2n) is 2.03. The Kier molecular flexibility index (Phi) is 3.02. The molecule has 0 aliphatic heterocycles. The Hall–Kier alpha value is -0.760. The summed E-state index contributed by atoms with van der Waals surface area (Å²) in [5, 5.41) is 17.6. The summed E-state index contributed by atoms with van der Waals surface area (Å²) in [7, 11) is 0. The first-order valence-electron chi connectivity index (χ1n) is 2.78. The normalized spacial score (nSPS) is 16.2. The van der Waals surface area contributed by atoms with E-state index < -0.39 is 6.10 Å². The molecule has 0 aromatic carbocycles. The maximum atomic E-state index is 8.97. The number of hydrogen-bond donors (Lipinski definition) is 2. The Labute approximate surface area is 55.1 Å². The van der Waals surface area contributed by atoms with E-state index in [4.69, 9.17) is 10.2 Å². The highest BCUT2D eigenvalue weighted by Crippen LogP contribution is 2.08. The van der Waals surface area contributed by atoms with Gasteiger partial charge in [0.05, 0.1) is 0 Å². The van der Waals surface area contributed by atoms with Gasteiger partial charge in [0, 0.05) is 5.92 Å². The van der Waals surface area contributed by atoms with Gasteiger partial charge in [-0.2, -0.15) is 0 Å². The van der Waals surface area contributed by atoms with Gasteiger partial charge in [-0.3, -0.25) is 0 Å². The highest BCUT2D eigenvalue weighted by molar-refractivity contribution is 4.96. The molecule has 0 aromatic rings. The first-order valence-corrected chi connectivity index (χ1v) is 2.78. The van der Waals surface area contributed by atoms with Crippen LogP contribution < -0.4 is 0 Å². The quantitative estimate of drug-likeness (QED) is 0.443. The Morgan fingerprint density at radius 2 is 2.11 bits per heavy atom. The molecule has 0 bridgehead atoms. The lowest BCUT2D eigenvalue weighted by molar-refractivity contribution is 0.123. The zero-order chi connectivity index (χ0) is 7.44. The SMILES string of the molecule is C=CC(C)C(O)C(=C)O. The molecule has 0 heterocycles. The lowest BCUT2D eigenvalue weighted by Crippen LogP contribution is -2.17. The lowest BCUT2D eigenvalue weighted by Gasteiger charge is -2.12. The Morgan fingerprint density at radius 1 is 1.67 bits per heavy atom. The zero-order valence-corrected chi connectivity index (χ0v) is 5.54. The molecule has 0 aromatic heterocycles. The van der Waals surface area contributed by atoms with E-state index in [0.717, 1.165) is 0 Å². The standard InChI is InChI=1S/C7H12O2/c1-4-5(2)7(9)6(3)8/h4-5,7-9H,1,3H2,2H3. The first kappa shape index (κ1) is 8.24. The van der Waals surface area contributed by atoms with E-state index in [1.807, 2.05) is 0 Å². The molecule has 2 N–H and O–H groups in total. The maximum absolute atomic E-state index is 8.97. The third-order valence-corrected chi connectivity index (χ3v) is 1.21. The van der Waals surface area contributed by atoms with E-state index in [2.05, 4.69) is 13.2 Å². The fourth-order valence-electron chi connectivity index (χ4n) is 0.432. The molecule has 0 saturated heterocycles. The van der Waals surface area contributed by atoms with Gasteiger partial charge in [-0.05, 0) is 0 Å².